The van der Waals surface area contributed by atoms with Gasteiger partial charge in [-0.3, -0.25) is 4.79 Å². The molecule has 21 heavy (non-hydrogen) atoms. The lowest BCUT2D eigenvalue weighted by atomic mass is 10.3. The van der Waals surface area contributed by atoms with Crippen molar-refractivity contribution in [3.8, 4) is 5.75 Å². The predicted molar refractivity (Wildman–Crippen MR) is 84.4 cm³/mol. The Morgan fingerprint density at radius 3 is 2.90 bits per heavy atom. The Labute approximate surface area is 128 Å². The third-order valence-corrected chi connectivity index (χ3v) is 4.27. The normalized spacial score (nSPS) is 11.9. The number of amides is 1. The smallest absolute Gasteiger partial charge is 0.258 e. The zero-order valence-electron chi connectivity index (χ0n) is 12.1. The molecule has 0 spiro atoms. The van der Waals surface area contributed by atoms with E-state index in [-0.39, 0.29) is 18.6 Å². The number of anilines is 1. The molecular formula is C15H19N3O2S. The Kier molecular flexibility index (Phi) is 5.16. The van der Waals surface area contributed by atoms with Gasteiger partial charge in [0.15, 0.2) is 6.61 Å². The van der Waals surface area contributed by atoms with Crippen LogP contribution in [0.25, 0.3) is 0 Å². The van der Waals surface area contributed by atoms with Crippen LogP contribution in [0.2, 0.25) is 0 Å². The molecule has 0 fully saturated rings. The molecule has 0 aliphatic rings. The summed E-state index contributed by atoms with van der Waals surface area (Å²) in [4.78, 5) is 17.4. The number of nitrogen functional groups attached to an aromatic ring is 1. The maximum absolute atomic E-state index is 11.9. The number of para-hydroxylation sites is 2. The summed E-state index contributed by atoms with van der Waals surface area (Å²) in [6, 6.07) is 6.98. The number of benzene rings is 1. The lowest BCUT2D eigenvalue weighted by molar-refractivity contribution is -0.123. The highest BCUT2D eigenvalue weighted by Crippen LogP contribution is 2.21. The molecule has 0 aliphatic carbocycles. The quantitative estimate of drug-likeness (QED) is 0.804. The van der Waals surface area contributed by atoms with Gasteiger partial charge in [-0.1, -0.05) is 19.1 Å². The first kappa shape index (κ1) is 15.3. The molecule has 0 bridgehead atoms. The molecule has 1 heterocycles. The SMILES string of the molecule is CCc1cnc(C(C)NC(=O)COc2ccccc2N)s1. The summed E-state index contributed by atoms with van der Waals surface area (Å²) in [6.07, 6.45) is 2.80. The van der Waals surface area contributed by atoms with E-state index in [4.69, 9.17) is 10.5 Å². The van der Waals surface area contributed by atoms with Crippen molar-refractivity contribution >= 4 is 22.9 Å². The Balaban J connectivity index is 1.85. The van der Waals surface area contributed by atoms with Crippen LogP contribution in [0.4, 0.5) is 5.69 Å². The number of hydrogen-bond acceptors (Lipinski definition) is 5. The summed E-state index contributed by atoms with van der Waals surface area (Å²) in [7, 11) is 0. The maximum Gasteiger partial charge on any atom is 0.258 e. The number of rotatable bonds is 6. The minimum atomic E-state index is -0.195. The van der Waals surface area contributed by atoms with Gasteiger partial charge in [-0.2, -0.15) is 0 Å². The molecule has 2 aromatic rings. The topological polar surface area (TPSA) is 77.2 Å². The number of nitrogens with zero attached hydrogens (tertiary/aromatic N) is 1. The fourth-order valence-corrected chi connectivity index (χ4v) is 2.65. The second-order valence-corrected chi connectivity index (χ2v) is 5.78. The van der Waals surface area contributed by atoms with Crippen LogP contribution in [0, 0.1) is 0 Å². The van der Waals surface area contributed by atoms with Crippen LogP contribution in [-0.2, 0) is 11.2 Å². The highest BCUT2D eigenvalue weighted by Gasteiger charge is 2.13. The van der Waals surface area contributed by atoms with Crippen LogP contribution in [0.5, 0.6) is 5.75 Å². The van der Waals surface area contributed by atoms with Crippen LogP contribution in [0.15, 0.2) is 30.5 Å². The molecule has 3 N–H and O–H groups in total. The second kappa shape index (κ2) is 7.08. The van der Waals surface area contributed by atoms with E-state index in [0.29, 0.717) is 11.4 Å². The molecule has 0 saturated carbocycles. The Bertz CT molecular complexity index is 612. The van der Waals surface area contributed by atoms with Crippen molar-refractivity contribution < 1.29 is 9.53 Å². The van der Waals surface area contributed by atoms with Gasteiger partial charge >= 0.3 is 0 Å². The molecule has 0 aliphatic heterocycles. The molecule has 1 unspecified atom stereocenters. The van der Waals surface area contributed by atoms with Crippen molar-refractivity contribution in [2.75, 3.05) is 12.3 Å². The number of aromatic nitrogens is 1. The number of nitrogens with one attached hydrogen (secondary N) is 1. The summed E-state index contributed by atoms with van der Waals surface area (Å²) in [5.41, 5.74) is 6.27. The summed E-state index contributed by atoms with van der Waals surface area (Å²) >= 11 is 1.61. The van der Waals surface area contributed by atoms with Gasteiger partial charge in [0, 0.05) is 11.1 Å². The van der Waals surface area contributed by atoms with Gasteiger partial charge in [-0.05, 0) is 25.5 Å². The van der Waals surface area contributed by atoms with E-state index >= 15 is 0 Å². The first-order chi connectivity index (χ1) is 10.1. The van der Waals surface area contributed by atoms with E-state index < -0.39 is 0 Å². The highest BCUT2D eigenvalue weighted by atomic mass is 32.1. The van der Waals surface area contributed by atoms with Gasteiger partial charge in [0.05, 0.1) is 11.7 Å². The van der Waals surface area contributed by atoms with E-state index in [0.717, 1.165) is 11.4 Å². The number of aryl methyl sites for hydroxylation is 1. The first-order valence-electron chi connectivity index (χ1n) is 6.81. The maximum atomic E-state index is 11.9. The molecule has 1 atom stereocenters. The van der Waals surface area contributed by atoms with Crippen LogP contribution in [0.1, 0.15) is 29.8 Å². The van der Waals surface area contributed by atoms with Gasteiger partial charge in [0.25, 0.3) is 5.91 Å². The molecule has 5 nitrogen and oxygen atoms in total. The highest BCUT2D eigenvalue weighted by molar-refractivity contribution is 7.11. The minimum Gasteiger partial charge on any atom is -0.482 e. The van der Waals surface area contributed by atoms with Gasteiger partial charge in [-0.25, -0.2) is 4.98 Å². The van der Waals surface area contributed by atoms with Crippen LogP contribution >= 0.6 is 11.3 Å². The summed E-state index contributed by atoms with van der Waals surface area (Å²) in [6.45, 7) is 3.93. The summed E-state index contributed by atoms with van der Waals surface area (Å²) in [5.74, 6) is 0.321. The van der Waals surface area contributed by atoms with Gasteiger partial charge in [0.1, 0.15) is 10.8 Å². The van der Waals surface area contributed by atoms with Gasteiger partial charge < -0.3 is 15.8 Å². The Morgan fingerprint density at radius 1 is 1.48 bits per heavy atom. The molecule has 6 heteroatoms. The van der Waals surface area contributed by atoms with Crippen LogP contribution < -0.4 is 15.8 Å². The fraction of sp³-hybridized carbons (Fsp3) is 0.333. The average molecular weight is 305 g/mol. The van der Waals surface area contributed by atoms with Crippen molar-refractivity contribution in [2.45, 2.75) is 26.3 Å². The molecule has 2 rings (SSSR count). The zero-order valence-corrected chi connectivity index (χ0v) is 12.9. The second-order valence-electron chi connectivity index (χ2n) is 4.63. The standard InChI is InChI=1S/C15H19N3O2S/c1-3-11-8-17-15(21-11)10(2)18-14(19)9-20-13-7-5-4-6-12(13)16/h4-8,10H,3,9,16H2,1-2H3,(H,18,19). The molecule has 0 saturated heterocycles. The van der Waals surface area contributed by atoms with Crippen molar-refractivity contribution in [2.24, 2.45) is 0 Å². The lowest BCUT2D eigenvalue weighted by Gasteiger charge is -2.12. The zero-order chi connectivity index (χ0) is 15.2. The monoisotopic (exact) mass is 305 g/mol. The molecule has 1 aromatic carbocycles. The van der Waals surface area contributed by atoms with E-state index in [1.807, 2.05) is 25.3 Å². The van der Waals surface area contributed by atoms with Crippen molar-refractivity contribution in [1.82, 2.24) is 10.3 Å². The molecule has 1 aromatic heterocycles. The molecular weight excluding hydrogens is 286 g/mol. The number of carbonyl (C=O) groups excluding carboxylic acids is 1. The van der Waals surface area contributed by atoms with Crippen LogP contribution in [0.3, 0.4) is 0 Å². The number of hydrogen-bond donors (Lipinski definition) is 2. The Morgan fingerprint density at radius 2 is 2.24 bits per heavy atom. The number of ether oxygens (including phenoxy) is 1. The van der Waals surface area contributed by atoms with Crippen LogP contribution in [-0.4, -0.2) is 17.5 Å². The van der Waals surface area contributed by atoms with E-state index in [1.165, 1.54) is 4.88 Å². The first-order valence-corrected chi connectivity index (χ1v) is 7.63. The third kappa shape index (κ3) is 4.19. The number of carbonyl (C=O) groups is 1. The lowest BCUT2D eigenvalue weighted by Crippen LogP contribution is -2.31. The van der Waals surface area contributed by atoms with Crippen molar-refractivity contribution in [3.63, 3.8) is 0 Å². The molecule has 0 radical (unpaired) electrons. The van der Waals surface area contributed by atoms with E-state index in [2.05, 4.69) is 17.2 Å². The average Bonchev–Trinajstić information content (AvgIpc) is 2.95. The summed E-state index contributed by atoms with van der Waals surface area (Å²) < 4.78 is 5.41. The minimum absolute atomic E-state index is 0.0649. The summed E-state index contributed by atoms with van der Waals surface area (Å²) in [5, 5.41) is 3.77. The Hall–Kier alpha value is -2.08. The van der Waals surface area contributed by atoms with Gasteiger partial charge in [0.2, 0.25) is 0 Å². The third-order valence-electron chi connectivity index (χ3n) is 2.95. The molecule has 112 valence electrons. The fourth-order valence-electron chi connectivity index (χ4n) is 1.79. The van der Waals surface area contributed by atoms with Crippen molar-refractivity contribution in [1.29, 1.82) is 0 Å². The predicted octanol–water partition coefficient (Wildman–Crippen LogP) is 2.54. The van der Waals surface area contributed by atoms with Crippen molar-refractivity contribution in [3.05, 3.63) is 40.3 Å². The van der Waals surface area contributed by atoms with E-state index in [1.54, 1.807) is 23.5 Å². The number of thiazole rings is 1. The number of nitrogens with two attached hydrogens (primary N) is 1. The largest absolute Gasteiger partial charge is 0.482 e. The van der Waals surface area contributed by atoms with Gasteiger partial charge in [-0.15, -0.1) is 11.3 Å². The molecule has 1 amide bonds. The van der Waals surface area contributed by atoms with E-state index in [9.17, 15) is 4.79 Å².